The Kier molecular flexibility index (Phi) is 12.3. The van der Waals surface area contributed by atoms with Crippen LogP contribution in [0, 0.1) is 6.92 Å². The number of cyclic esters (lactones) is 1. The molecule has 1 heterocycles. The number of hydrogen-bond donors (Lipinski definition) is 2. The van der Waals surface area contributed by atoms with E-state index in [0.29, 0.717) is 39.9 Å². The number of fused-ring (bicyclic) bond motifs is 1. The molecule has 2 N–H and O–H groups in total. The Bertz CT molecular complexity index is 1200. The number of carbonyl (C=O) groups is 3. The van der Waals surface area contributed by atoms with E-state index in [2.05, 4.69) is 0 Å². The number of phenols is 1. The Morgan fingerprint density at radius 1 is 1.15 bits per heavy atom. The first-order valence-electron chi connectivity index (χ1n) is 13.0. The van der Waals surface area contributed by atoms with Crippen LogP contribution in [0.5, 0.6) is 11.5 Å². The number of phosphoric acid groups is 1. The molecule has 0 aliphatic carbocycles. The van der Waals surface area contributed by atoms with Crippen molar-refractivity contribution < 1.29 is 61.4 Å². The van der Waals surface area contributed by atoms with Gasteiger partial charge in [0.1, 0.15) is 43.4 Å². The third kappa shape index (κ3) is 10.8. The first kappa shape index (κ1) is 34.2. The summed E-state index contributed by atoms with van der Waals surface area (Å²) in [5.74, 6) is -1.59. The molecule has 13 nitrogen and oxygen atoms in total. The molecule has 0 fully saturated rings. The van der Waals surface area contributed by atoms with E-state index in [-0.39, 0.29) is 44.0 Å². The largest absolute Gasteiger partial charge is 0.507 e. The fourth-order valence-corrected chi connectivity index (χ4v) is 4.66. The molecule has 230 valence electrons. The maximum Gasteiger partial charge on any atom is 0.472 e. The van der Waals surface area contributed by atoms with E-state index in [9.17, 15) is 28.9 Å². The first-order valence-corrected chi connectivity index (χ1v) is 14.5. The van der Waals surface area contributed by atoms with Crippen molar-refractivity contribution in [3.63, 3.8) is 0 Å². The van der Waals surface area contributed by atoms with Crippen LogP contribution in [0.25, 0.3) is 0 Å². The van der Waals surface area contributed by atoms with Crippen LogP contribution in [0.2, 0.25) is 0 Å². The molecule has 1 aromatic carbocycles. The minimum Gasteiger partial charge on any atom is -0.507 e. The molecule has 14 heteroatoms. The number of phosphoric ester groups is 1. The molecule has 0 radical (unpaired) electrons. The second-order valence-electron chi connectivity index (χ2n) is 10.7. The Morgan fingerprint density at radius 2 is 1.83 bits per heavy atom. The van der Waals surface area contributed by atoms with E-state index >= 15 is 0 Å². The van der Waals surface area contributed by atoms with Gasteiger partial charge in [0.25, 0.3) is 0 Å². The van der Waals surface area contributed by atoms with Crippen LogP contribution in [0.3, 0.4) is 0 Å². The summed E-state index contributed by atoms with van der Waals surface area (Å²) in [5, 5.41) is 10.7. The van der Waals surface area contributed by atoms with E-state index in [1.807, 2.05) is 21.1 Å². The summed E-state index contributed by atoms with van der Waals surface area (Å²) >= 11 is 0. The lowest BCUT2D eigenvalue weighted by molar-refractivity contribution is -0.870. The van der Waals surface area contributed by atoms with Crippen LogP contribution in [0.4, 0.5) is 0 Å². The Hall–Kier alpha value is -2.96. The van der Waals surface area contributed by atoms with Gasteiger partial charge in [-0.2, -0.15) is 0 Å². The van der Waals surface area contributed by atoms with Gasteiger partial charge in [0, 0.05) is 24.5 Å². The molecule has 0 saturated carbocycles. The number of nitrogens with zero attached hydrogens (tertiary/aromatic N) is 1. The standard InChI is InChI=1S/C27H40NO12P/c1-17(8-10-21-25(31)24-22(16-37-27(24)32)18(2)26(21)35-7)9-11-23(30)40-20(14-36-19(3)29)15-39-41(33,34)38-13-12-28(4,5)6/h8,20H,9-16H2,1-7H3,(H-,31,32,33,34)/p+1/b17-8+. The van der Waals surface area contributed by atoms with Crippen molar-refractivity contribution in [1.82, 2.24) is 0 Å². The minimum absolute atomic E-state index is 0.0317. The minimum atomic E-state index is -4.43. The number of phenolic OH excluding ortho intramolecular Hbond substituents is 1. The van der Waals surface area contributed by atoms with Crippen LogP contribution >= 0.6 is 7.82 Å². The average molecular weight is 603 g/mol. The molecule has 2 unspecified atom stereocenters. The van der Waals surface area contributed by atoms with Gasteiger partial charge in [0.05, 0.1) is 34.9 Å². The Labute approximate surface area is 240 Å². The number of carbonyl (C=O) groups excluding carboxylic acids is 3. The number of aromatic hydroxyl groups is 1. The summed E-state index contributed by atoms with van der Waals surface area (Å²) in [7, 11) is 2.73. The lowest BCUT2D eigenvalue weighted by Crippen LogP contribution is -2.37. The zero-order chi connectivity index (χ0) is 31.0. The molecule has 41 heavy (non-hydrogen) atoms. The topological polar surface area (TPSA) is 164 Å². The zero-order valence-corrected chi connectivity index (χ0v) is 25.6. The van der Waals surface area contributed by atoms with Gasteiger partial charge in [-0.1, -0.05) is 11.6 Å². The van der Waals surface area contributed by atoms with Gasteiger partial charge in [0.2, 0.25) is 0 Å². The normalized spacial score (nSPS) is 15.5. The smallest absolute Gasteiger partial charge is 0.472 e. The summed E-state index contributed by atoms with van der Waals surface area (Å²) in [4.78, 5) is 45.8. The van der Waals surface area contributed by atoms with E-state index in [1.54, 1.807) is 19.9 Å². The number of quaternary nitrogens is 1. The van der Waals surface area contributed by atoms with Crippen molar-refractivity contribution >= 4 is 25.7 Å². The van der Waals surface area contributed by atoms with E-state index < -0.39 is 38.4 Å². The molecular weight excluding hydrogens is 561 g/mol. The van der Waals surface area contributed by atoms with Gasteiger partial charge in [-0.15, -0.1) is 0 Å². The number of likely N-dealkylation sites (N-methyl/N-ethyl adjacent to an activating group) is 1. The molecule has 0 saturated heterocycles. The lowest BCUT2D eigenvalue weighted by atomic mass is 9.94. The second kappa shape index (κ2) is 14.8. The molecule has 1 aliphatic heterocycles. The van der Waals surface area contributed by atoms with Crippen LogP contribution in [0.1, 0.15) is 53.7 Å². The first-order chi connectivity index (χ1) is 19.0. The molecule has 2 rings (SSSR count). The van der Waals surface area contributed by atoms with Gasteiger partial charge in [-0.05, 0) is 32.3 Å². The monoisotopic (exact) mass is 602 g/mol. The number of ether oxygens (including phenoxy) is 4. The second-order valence-corrected chi connectivity index (χ2v) is 12.1. The maximum absolute atomic E-state index is 12.5. The summed E-state index contributed by atoms with van der Waals surface area (Å²) in [6, 6.07) is 0. The highest BCUT2D eigenvalue weighted by molar-refractivity contribution is 7.47. The number of hydrogen-bond acceptors (Lipinski definition) is 11. The lowest BCUT2D eigenvalue weighted by Gasteiger charge is -2.24. The summed E-state index contributed by atoms with van der Waals surface area (Å²) in [6.07, 6.45) is 1.15. The molecule has 1 aliphatic rings. The highest BCUT2D eigenvalue weighted by Crippen LogP contribution is 2.43. The quantitative estimate of drug-likeness (QED) is 0.0936. The van der Waals surface area contributed by atoms with Crippen molar-refractivity contribution in [3.8, 4) is 11.5 Å². The summed E-state index contributed by atoms with van der Waals surface area (Å²) in [5.41, 5.74) is 2.67. The molecule has 0 amide bonds. The number of benzene rings is 1. The van der Waals surface area contributed by atoms with Crippen LogP contribution in [0.15, 0.2) is 11.6 Å². The number of allylic oxidation sites excluding steroid dienone is 2. The van der Waals surface area contributed by atoms with Crippen molar-refractivity contribution in [2.24, 2.45) is 0 Å². The molecular formula is C27H41NO12P+. The number of rotatable bonds is 16. The Morgan fingerprint density at radius 3 is 2.44 bits per heavy atom. The SMILES string of the molecule is COc1c(C)c2c(c(O)c1C/C=C(\C)CCC(=O)OC(COC(C)=O)COP(=O)(O)OCC[N+](C)(C)C)C(=O)OC2. The molecule has 2 atom stereocenters. The van der Waals surface area contributed by atoms with Crippen molar-refractivity contribution in [2.75, 3.05) is 54.6 Å². The molecule has 0 aromatic heterocycles. The van der Waals surface area contributed by atoms with Crippen molar-refractivity contribution in [3.05, 3.63) is 33.9 Å². The summed E-state index contributed by atoms with van der Waals surface area (Å²) in [6.45, 7) is 4.37. The molecule has 0 bridgehead atoms. The van der Waals surface area contributed by atoms with Crippen LogP contribution < -0.4 is 4.74 Å². The number of esters is 3. The molecule has 1 aromatic rings. The third-order valence-electron chi connectivity index (χ3n) is 6.24. The maximum atomic E-state index is 12.5. The Balaban J connectivity index is 1.98. The van der Waals surface area contributed by atoms with E-state index in [4.69, 9.17) is 28.0 Å². The van der Waals surface area contributed by atoms with Gasteiger partial charge in [-0.3, -0.25) is 18.6 Å². The average Bonchev–Trinajstić information content (AvgIpc) is 3.26. The van der Waals surface area contributed by atoms with E-state index in [0.717, 1.165) is 5.57 Å². The predicted octanol–water partition coefficient (Wildman–Crippen LogP) is 2.96. The van der Waals surface area contributed by atoms with Crippen LogP contribution in [-0.4, -0.2) is 93.1 Å². The van der Waals surface area contributed by atoms with Gasteiger partial charge in [-0.25, -0.2) is 9.36 Å². The zero-order valence-electron chi connectivity index (χ0n) is 24.7. The van der Waals surface area contributed by atoms with Gasteiger partial charge >= 0.3 is 25.7 Å². The highest BCUT2D eigenvalue weighted by atomic mass is 31.2. The van der Waals surface area contributed by atoms with Crippen LogP contribution in [-0.2, 0) is 50.4 Å². The number of methoxy groups -OCH3 is 1. The predicted molar refractivity (Wildman–Crippen MR) is 146 cm³/mol. The molecule has 0 spiro atoms. The van der Waals surface area contributed by atoms with Gasteiger partial charge < -0.3 is 33.4 Å². The third-order valence-corrected chi connectivity index (χ3v) is 7.22. The van der Waals surface area contributed by atoms with Gasteiger partial charge in [0.15, 0.2) is 6.10 Å². The fraction of sp³-hybridized carbons (Fsp3) is 0.593. The van der Waals surface area contributed by atoms with Crippen molar-refractivity contribution in [1.29, 1.82) is 0 Å². The van der Waals surface area contributed by atoms with E-state index in [1.165, 1.54) is 14.0 Å². The fourth-order valence-electron chi connectivity index (χ4n) is 3.92. The summed E-state index contributed by atoms with van der Waals surface area (Å²) < 4.78 is 43.4. The van der Waals surface area contributed by atoms with Crippen molar-refractivity contribution in [2.45, 2.75) is 52.7 Å². The highest BCUT2D eigenvalue weighted by Gasteiger charge is 2.32.